The molecule has 132 valence electrons. The van der Waals surface area contributed by atoms with Crippen LogP contribution in [-0.4, -0.2) is 55.1 Å². The van der Waals surface area contributed by atoms with E-state index in [9.17, 15) is 4.79 Å². The molecule has 1 aromatic carbocycles. The van der Waals surface area contributed by atoms with Crippen molar-refractivity contribution in [2.45, 2.75) is 13.3 Å². The Morgan fingerprint density at radius 1 is 1.12 bits per heavy atom. The molecule has 1 saturated heterocycles. The molecular formula is C20H26N4O. The maximum atomic E-state index is 12.4. The van der Waals surface area contributed by atoms with Crippen molar-refractivity contribution in [3.63, 3.8) is 0 Å². The standard InChI is InChI=1S/C20H26N4O/c1-2-23-10-12-24(13-11-23)19-14-18(15-21-16-19)20(25)22-9-8-17-6-4-3-5-7-17/h3-7,14-16H,2,8-13H2,1H3,(H,22,25). The minimum absolute atomic E-state index is 0.0579. The SMILES string of the molecule is CCN1CCN(c2cncc(C(=O)NCCc3ccccc3)c2)CC1. The van der Waals surface area contributed by atoms with E-state index in [2.05, 4.69) is 39.2 Å². The number of carbonyl (C=O) groups is 1. The zero-order chi connectivity index (χ0) is 17.5. The van der Waals surface area contributed by atoms with E-state index < -0.39 is 0 Å². The van der Waals surface area contributed by atoms with Crippen molar-refractivity contribution in [3.05, 3.63) is 59.9 Å². The third-order valence-electron chi connectivity index (χ3n) is 4.71. The molecule has 5 nitrogen and oxygen atoms in total. The molecule has 1 aromatic heterocycles. The molecule has 25 heavy (non-hydrogen) atoms. The van der Waals surface area contributed by atoms with Crippen molar-refractivity contribution >= 4 is 11.6 Å². The monoisotopic (exact) mass is 338 g/mol. The smallest absolute Gasteiger partial charge is 0.252 e. The fraction of sp³-hybridized carbons (Fsp3) is 0.400. The van der Waals surface area contributed by atoms with Crippen LogP contribution in [-0.2, 0) is 6.42 Å². The second kappa shape index (κ2) is 8.62. The van der Waals surface area contributed by atoms with Gasteiger partial charge in [-0.2, -0.15) is 0 Å². The Bertz CT molecular complexity index is 681. The van der Waals surface area contributed by atoms with E-state index in [0.29, 0.717) is 12.1 Å². The highest BCUT2D eigenvalue weighted by Crippen LogP contribution is 2.16. The number of piperazine rings is 1. The van der Waals surface area contributed by atoms with Crippen molar-refractivity contribution in [3.8, 4) is 0 Å². The highest BCUT2D eigenvalue weighted by Gasteiger charge is 2.17. The fourth-order valence-corrected chi connectivity index (χ4v) is 3.11. The highest BCUT2D eigenvalue weighted by molar-refractivity contribution is 5.94. The van der Waals surface area contributed by atoms with Gasteiger partial charge in [-0.15, -0.1) is 0 Å². The van der Waals surface area contributed by atoms with Crippen molar-refractivity contribution in [1.82, 2.24) is 15.2 Å². The summed E-state index contributed by atoms with van der Waals surface area (Å²) in [5.74, 6) is -0.0579. The Balaban J connectivity index is 1.54. The Hall–Kier alpha value is -2.40. The predicted octanol–water partition coefficient (Wildman–Crippen LogP) is 2.20. The van der Waals surface area contributed by atoms with Gasteiger partial charge in [0.05, 0.1) is 17.4 Å². The number of hydrogen-bond donors (Lipinski definition) is 1. The topological polar surface area (TPSA) is 48.5 Å². The summed E-state index contributed by atoms with van der Waals surface area (Å²) in [4.78, 5) is 21.4. The number of likely N-dealkylation sites (N-methyl/N-ethyl adjacent to an activating group) is 1. The summed E-state index contributed by atoms with van der Waals surface area (Å²) < 4.78 is 0. The minimum atomic E-state index is -0.0579. The first kappa shape index (κ1) is 17.4. The lowest BCUT2D eigenvalue weighted by molar-refractivity contribution is 0.0954. The van der Waals surface area contributed by atoms with Crippen LogP contribution < -0.4 is 10.2 Å². The molecule has 2 aromatic rings. The fourth-order valence-electron chi connectivity index (χ4n) is 3.11. The predicted molar refractivity (Wildman–Crippen MR) is 101 cm³/mol. The third kappa shape index (κ3) is 4.79. The van der Waals surface area contributed by atoms with Gasteiger partial charge in [0.15, 0.2) is 0 Å². The van der Waals surface area contributed by atoms with Crippen LogP contribution in [0.3, 0.4) is 0 Å². The Morgan fingerprint density at radius 3 is 2.60 bits per heavy atom. The molecule has 0 radical (unpaired) electrons. The summed E-state index contributed by atoms with van der Waals surface area (Å²) in [6.45, 7) is 7.99. The zero-order valence-electron chi connectivity index (χ0n) is 14.8. The lowest BCUT2D eigenvalue weighted by Gasteiger charge is -2.35. The van der Waals surface area contributed by atoms with Gasteiger partial charge in [-0.25, -0.2) is 0 Å². The number of carbonyl (C=O) groups excluding carboxylic acids is 1. The number of anilines is 1. The van der Waals surface area contributed by atoms with Crippen LogP contribution in [0.1, 0.15) is 22.8 Å². The molecule has 0 atom stereocenters. The Labute approximate surface area is 149 Å². The van der Waals surface area contributed by atoms with Crippen molar-refractivity contribution in [1.29, 1.82) is 0 Å². The number of pyridine rings is 1. The summed E-state index contributed by atoms with van der Waals surface area (Å²) in [6, 6.07) is 12.1. The van der Waals surface area contributed by atoms with Gasteiger partial charge in [-0.1, -0.05) is 37.3 Å². The lowest BCUT2D eigenvalue weighted by atomic mass is 10.1. The molecule has 0 aliphatic carbocycles. The average molecular weight is 338 g/mol. The number of amides is 1. The van der Waals surface area contributed by atoms with Crippen molar-refractivity contribution in [2.75, 3.05) is 44.2 Å². The van der Waals surface area contributed by atoms with Crippen LogP contribution in [0.5, 0.6) is 0 Å². The normalized spacial score (nSPS) is 15.2. The van der Waals surface area contributed by atoms with Gasteiger partial charge in [0.1, 0.15) is 0 Å². The van der Waals surface area contributed by atoms with Gasteiger partial charge in [-0.05, 0) is 24.6 Å². The van der Waals surface area contributed by atoms with Gasteiger partial charge in [0.25, 0.3) is 5.91 Å². The molecule has 1 amide bonds. The van der Waals surface area contributed by atoms with Gasteiger partial charge in [0, 0.05) is 38.9 Å². The Kier molecular flexibility index (Phi) is 6.01. The van der Waals surface area contributed by atoms with Crippen LogP contribution in [0, 0.1) is 0 Å². The van der Waals surface area contributed by atoms with Gasteiger partial charge < -0.3 is 15.1 Å². The summed E-state index contributed by atoms with van der Waals surface area (Å²) in [5, 5.41) is 2.99. The van der Waals surface area contributed by atoms with Gasteiger partial charge in [-0.3, -0.25) is 9.78 Å². The summed E-state index contributed by atoms with van der Waals surface area (Å²) in [6.07, 6.45) is 4.32. The van der Waals surface area contributed by atoms with E-state index in [1.54, 1.807) is 6.20 Å². The molecule has 5 heteroatoms. The molecule has 2 heterocycles. The maximum absolute atomic E-state index is 12.4. The van der Waals surface area contributed by atoms with Crippen LogP contribution >= 0.6 is 0 Å². The first-order chi connectivity index (χ1) is 12.3. The van der Waals surface area contributed by atoms with Crippen molar-refractivity contribution < 1.29 is 4.79 Å². The average Bonchev–Trinajstić information content (AvgIpc) is 2.69. The second-order valence-electron chi connectivity index (χ2n) is 6.34. The first-order valence-corrected chi connectivity index (χ1v) is 9.00. The molecule has 0 saturated carbocycles. The van der Waals surface area contributed by atoms with Crippen molar-refractivity contribution in [2.24, 2.45) is 0 Å². The molecule has 3 rings (SSSR count). The van der Waals surface area contributed by atoms with Gasteiger partial charge >= 0.3 is 0 Å². The van der Waals surface area contributed by atoms with E-state index in [1.165, 1.54) is 5.56 Å². The summed E-state index contributed by atoms with van der Waals surface area (Å²) >= 11 is 0. The molecule has 0 unspecified atom stereocenters. The molecule has 1 N–H and O–H groups in total. The number of hydrogen-bond acceptors (Lipinski definition) is 4. The van der Waals surface area contributed by atoms with E-state index in [-0.39, 0.29) is 5.91 Å². The molecule has 1 aliphatic heterocycles. The van der Waals surface area contributed by atoms with E-state index in [4.69, 9.17) is 0 Å². The highest BCUT2D eigenvalue weighted by atomic mass is 16.1. The molecular weight excluding hydrogens is 312 g/mol. The Morgan fingerprint density at radius 2 is 1.88 bits per heavy atom. The van der Waals surface area contributed by atoms with E-state index in [0.717, 1.165) is 44.8 Å². The first-order valence-electron chi connectivity index (χ1n) is 9.00. The number of aromatic nitrogens is 1. The van der Waals surface area contributed by atoms with E-state index in [1.807, 2.05) is 30.5 Å². The van der Waals surface area contributed by atoms with Gasteiger partial charge in [0.2, 0.25) is 0 Å². The summed E-state index contributed by atoms with van der Waals surface area (Å²) in [7, 11) is 0. The van der Waals surface area contributed by atoms with Crippen LogP contribution in [0.4, 0.5) is 5.69 Å². The van der Waals surface area contributed by atoms with Crippen LogP contribution in [0.25, 0.3) is 0 Å². The molecule has 0 bridgehead atoms. The number of rotatable bonds is 6. The zero-order valence-corrected chi connectivity index (χ0v) is 14.8. The largest absolute Gasteiger partial charge is 0.368 e. The maximum Gasteiger partial charge on any atom is 0.252 e. The molecule has 0 spiro atoms. The quantitative estimate of drug-likeness (QED) is 0.877. The van der Waals surface area contributed by atoms with E-state index >= 15 is 0 Å². The lowest BCUT2D eigenvalue weighted by Crippen LogP contribution is -2.46. The number of nitrogens with zero attached hydrogens (tertiary/aromatic N) is 3. The summed E-state index contributed by atoms with van der Waals surface area (Å²) in [5.41, 5.74) is 2.89. The number of nitrogens with one attached hydrogen (secondary N) is 1. The molecule has 1 aliphatic rings. The minimum Gasteiger partial charge on any atom is -0.368 e. The second-order valence-corrected chi connectivity index (χ2v) is 6.34. The third-order valence-corrected chi connectivity index (χ3v) is 4.71. The molecule has 1 fully saturated rings. The van der Waals surface area contributed by atoms with Crippen LogP contribution in [0.15, 0.2) is 48.8 Å². The van der Waals surface area contributed by atoms with Crippen LogP contribution in [0.2, 0.25) is 0 Å². The number of benzene rings is 1.